The van der Waals surface area contributed by atoms with Crippen LogP contribution in [0.1, 0.15) is 11.6 Å². The van der Waals surface area contributed by atoms with Crippen LogP contribution in [0.15, 0.2) is 17.0 Å². The van der Waals surface area contributed by atoms with Crippen LogP contribution in [0, 0.1) is 11.6 Å². The molecule has 0 saturated carbocycles. The summed E-state index contributed by atoms with van der Waals surface area (Å²) in [6, 6.07) is 2.25. The number of hydrogen-bond donors (Lipinski definition) is 1. The fourth-order valence-electron chi connectivity index (χ4n) is 1.23. The van der Waals surface area contributed by atoms with Crippen molar-refractivity contribution in [2.45, 2.75) is 10.9 Å². The molecule has 0 fully saturated rings. The van der Waals surface area contributed by atoms with Crippen molar-refractivity contribution < 1.29 is 8.78 Å². The maximum Gasteiger partial charge on any atom is 0.159 e. The van der Waals surface area contributed by atoms with Crippen molar-refractivity contribution in [1.29, 1.82) is 0 Å². The minimum absolute atomic E-state index is 0.153. The van der Waals surface area contributed by atoms with Crippen molar-refractivity contribution in [1.82, 2.24) is 0 Å². The van der Waals surface area contributed by atoms with Gasteiger partial charge in [-0.15, -0.1) is 11.8 Å². The summed E-state index contributed by atoms with van der Waals surface area (Å²) in [6.45, 7) is 0. The number of fused-ring (bicyclic) bond motifs is 1. The van der Waals surface area contributed by atoms with Gasteiger partial charge in [-0.3, -0.25) is 0 Å². The molecule has 1 unspecified atom stereocenters. The Bertz CT molecular complexity index is 327. The highest BCUT2D eigenvalue weighted by Crippen LogP contribution is 2.37. The Morgan fingerprint density at radius 1 is 1.33 bits per heavy atom. The molecule has 1 nitrogen and oxygen atoms in total. The van der Waals surface area contributed by atoms with Crippen LogP contribution in [0.2, 0.25) is 0 Å². The zero-order valence-electron chi connectivity index (χ0n) is 6.18. The van der Waals surface area contributed by atoms with E-state index in [9.17, 15) is 8.78 Å². The number of nitrogens with two attached hydrogens (primary N) is 1. The molecule has 12 heavy (non-hydrogen) atoms. The van der Waals surface area contributed by atoms with Crippen LogP contribution in [0.25, 0.3) is 0 Å². The molecule has 1 aliphatic rings. The molecule has 0 bridgehead atoms. The zero-order chi connectivity index (χ0) is 8.72. The van der Waals surface area contributed by atoms with Gasteiger partial charge in [0.2, 0.25) is 0 Å². The largest absolute Gasteiger partial charge is 0.323 e. The Kier molecular flexibility index (Phi) is 1.81. The SMILES string of the molecule is NC1CSc2cc(F)c(F)cc21. The summed E-state index contributed by atoms with van der Waals surface area (Å²) in [5.74, 6) is -0.903. The minimum Gasteiger partial charge on any atom is -0.323 e. The lowest BCUT2D eigenvalue weighted by Gasteiger charge is -2.02. The second-order valence-electron chi connectivity index (χ2n) is 2.72. The highest BCUT2D eigenvalue weighted by atomic mass is 32.2. The van der Waals surface area contributed by atoms with Gasteiger partial charge in [0.1, 0.15) is 0 Å². The average molecular weight is 187 g/mol. The Balaban J connectivity index is 2.56. The van der Waals surface area contributed by atoms with Crippen LogP contribution in [-0.4, -0.2) is 5.75 Å². The number of rotatable bonds is 0. The van der Waals surface area contributed by atoms with Gasteiger partial charge in [-0.05, 0) is 17.7 Å². The second-order valence-corrected chi connectivity index (χ2v) is 3.78. The zero-order valence-corrected chi connectivity index (χ0v) is 7.00. The number of hydrogen-bond acceptors (Lipinski definition) is 2. The smallest absolute Gasteiger partial charge is 0.159 e. The normalized spacial score (nSPS) is 21.1. The van der Waals surface area contributed by atoms with Gasteiger partial charge >= 0.3 is 0 Å². The molecule has 64 valence electrons. The third-order valence-corrected chi connectivity index (χ3v) is 3.06. The standard InChI is InChI=1S/C8H7F2NS/c9-5-1-4-7(11)3-12-8(4)2-6(5)10/h1-2,7H,3,11H2. The molecule has 1 heterocycles. The molecule has 0 spiro atoms. The van der Waals surface area contributed by atoms with E-state index in [4.69, 9.17) is 5.73 Å². The van der Waals surface area contributed by atoms with E-state index in [0.717, 1.165) is 10.5 Å². The van der Waals surface area contributed by atoms with Gasteiger partial charge in [-0.2, -0.15) is 0 Å². The lowest BCUT2D eigenvalue weighted by molar-refractivity contribution is 0.503. The van der Waals surface area contributed by atoms with Crippen LogP contribution in [0.5, 0.6) is 0 Å². The summed E-state index contributed by atoms with van der Waals surface area (Å²) in [4.78, 5) is 0.765. The maximum atomic E-state index is 12.7. The predicted octanol–water partition coefficient (Wildman–Crippen LogP) is 2.07. The van der Waals surface area contributed by atoms with Gasteiger partial charge < -0.3 is 5.73 Å². The molecular weight excluding hydrogens is 180 g/mol. The molecule has 2 rings (SSSR count). The quantitative estimate of drug-likeness (QED) is 0.672. The monoisotopic (exact) mass is 187 g/mol. The van der Waals surface area contributed by atoms with Crippen LogP contribution < -0.4 is 5.73 Å². The fourth-order valence-corrected chi connectivity index (χ4v) is 2.33. The van der Waals surface area contributed by atoms with Gasteiger partial charge in [0, 0.05) is 16.7 Å². The Labute approximate surface area is 72.9 Å². The highest BCUT2D eigenvalue weighted by Gasteiger charge is 2.21. The van der Waals surface area contributed by atoms with E-state index in [1.54, 1.807) is 0 Å². The summed E-state index contributed by atoms with van der Waals surface area (Å²) in [6.07, 6.45) is 0. The first-order valence-electron chi connectivity index (χ1n) is 3.56. The first-order valence-corrected chi connectivity index (χ1v) is 4.54. The summed E-state index contributed by atoms with van der Waals surface area (Å²) in [7, 11) is 0. The lowest BCUT2D eigenvalue weighted by Crippen LogP contribution is -2.08. The van der Waals surface area contributed by atoms with Crippen LogP contribution >= 0.6 is 11.8 Å². The van der Waals surface area contributed by atoms with Crippen molar-refractivity contribution in [2.24, 2.45) is 5.73 Å². The van der Waals surface area contributed by atoms with Gasteiger partial charge in [0.25, 0.3) is 0 Å². The fraction of sp³-hybridized carbons (Fsp3) is 0.250. The number of thioether (sulfide) groups is 1. The van der Waals surface area contributed by atoms with E-state index in [2.05, 4.69) is 0 Å². The second kappa shape index (κ2) is 2.71. The summed E-state index contributed by atoms with van der Waals surface area (Å²) in [5, 5.41) is 0. The van der Waals surface area contributed by atoms with Crippen LogP contribution in [0.3, 0.4) is 0 Å². The highest BCUT2D eigenvalue weighted by molar-refractivity contribution is 7.99. The van der Waals surface area contributed by atoms with E-state index in [1.807, 2.05) is 0 Å². The van der Waals surface area contributed by atoms with Gasteiger partial charge in [0.15, 0.2) is 11.6 Å². The van der Waals surface area contributed by atoms with Crippen LogP contribution in [0.4, 0.5) is 8.78 Å². The molecular formula is C8H7F2NS. The van der Waals surface area contributed by atoms with Crippen molar-refractivity contribution in [3.05, 3.63) is 29.3 Å². The number of halogens is 2. The molecule has 1 aliphatic heterocycles. The van der Waals surface area contributed by atoms with E-state index in [0.29, 0.717) is 5.75 Å². The summed E-state index contributed by atoms with van der Waals surface area (Å²) >= 11 is 1.47. The summed E-state index contributed by atoms with van der Waals surface area (Å²) < 4.78 is 25.4. The van der Waals surface area contributed by atoms with Crippen LogP contribution in [-0.2, 0) is 0 Å². The first-order chi connectivity index (χ1) is 5.68. The molecule has 0 aromatic heterocycles. The Morgan fingerprint density at radius 2 is 2.00 bits per heavy atom. The molecule has 0 saturated heterocycles. The van der Waals surface area contributed by atoms with Crippen molar-refractivity contribution in [3.63, 3.8) is 0 Å². The lowest BCUT2D eigenvalue weighted by atomic mass is 10.1. The topological polar surface area (TPSA) is 26.0 Å². The third-order valence-electron chi connectivity index (χ3n) is 1.87. The van der Waals surface area contributed by atoms with E-state index < -0.39 is 11.6 Å². The first kappa shape index (κ1) is 8.01. The molecule has 4 heteroatoms. The molecule has 2 N–H and O–H groups in total. The van der Waals surface area contributed by atoms with Crippen molar-refractivity contribution in [2.75, 3.05) is 5.75 Å². The van der Waals surface area contributed by atoms with E-state index in [1.165, 1.54) is 23.9 Å². The van der Waals surface area contributed by atoms with E-state index in [-0.39, 0.29) is 6.04 Å². The molecule has 1 aromatic rings. The van der Waals surface area contributed by atoms with Crippen molar-refractivity contribution >= 4 is 11.8 Å². The molecule has 0 radical (unpaired) electrons. The Hall–Kier alpha value is -0.610. The molecule has 0 aliphatic carbocycles. The van der Waals surface area contributed by atoms with E-state index >= 15 is 0 Å². The third kappa shape index (κ3) is 1.11. The minimum atomic E-state index is -0.813. The molecule has 0 amide bonds. The molecule has 1 aromatic carbocycles. The van der Waals surface area contributed by atoms with Crippen molar-refractivity contribution in [3.8, 4) is 0 Å². The predicted molar refractivity (Wildman–Crippen MR) is 44.0 cm³/mol. The van der Waals surface area contributed by atoms with Gasteiger partial charge in [-0.25, -0.2) is 8.78 Å². The Morgan fingerprint density at radius 3 is 2.75 bits per heavy atom. The van der Waals surface area contributed by atoms with Gasteiger partial charge in [-0.1, -0.05) is 0 Å². The molecule has 1 atom stereocenters. The maximum absolute atomic E-state index is 12.7. The number of benzene rings is 1. The van der Waals surface area contributed by atoms with Gasteiger partial charge in [0.05, 0.1) is 0 Å². The average Bonchev–Trinajstić information content (AvgIpc) is 2.35. The summed E-state index contributed by atoms with van der Waals surface area (Å²) in [5.41, 5.74) is 6.38.